The maximum Gasteiger partial charge on any atom is 0.0791 e. The van der Waals surface area contributed by atoms with Gasteiger partial charge in [0.15, 0.2) is 0 Å². The SMILES string of the molecule is CCCNCC(O)CN(C)CC1CCCC1. The zero-order valence-corrected chi connectivity index (χ0v) is 10.9. The van der Waals surface area contributed by atoms with E-state index in [0.29, 0.717) is 0 Å². The third-order valence-corrected chi connectivity index (χ3v) is 3.37. The van der Waals surface area contributed by atoms with Gasteiger partial charge < -0.3 is 15.3 Å². The van der Waals surface area contributed by atoms with Gasteiger partial charge in [0.05, 0.1) is 6.10 Å². The summed E-state index contributed by atoms with van der Waals surface area (Å²) < 4.78 is 0. The summed E-state index contributed by atoms with van der Waals surface area (Å²) in [5.74, 6) is 0.876. The molecule has 0 saturated heterocycles. The molecular formula is C13H28N2O. The fourth-order valence-electron chi connectivity index (χ4n) is 2.58. The van der Waals surface area contributed by atoms with Crippen LogP contribution in [0.5, 0.6) is 0 Å². The largest absolute Gasteiger partial charge is 0.390 e. The smallest absolute Gasteiger partial charge is 0.0791 e. The minimum absolute atomic E-state index is 0.224. The predicted octanol–water partition coefficient (Wildman–Crippen LogP) is 1.47. The van der Waals surface area contributed by atoms with Crippen molar-refractivity contribution in [2.24, 2.45) is 5.92 Å². The van der Waals surface area contributed by atoms with Gasteiger partial charge in [-0.25, -0.2) is 0 Å². The van der Waals surface area contributed by atoms with E-state index in [-0.39, 0.29) is 6.10 Å². The van der Waals surface area contributed by atoms with Crippen LogP contribution in [0.3, 0.4) is 0 Å². The molecule has 0 aromatic heterocycles. The van der Waals surface area contributed by atoms with Gasteiger partial charge in [-0.15, -0.1) is 0 Å². The molecular weight excluding hydrogens is 200 g/mol. The van der Waals surface area contributed by atoms with Crippen LogP contribution in [-0.2, 0) is 0 Å². The second-order valence-electron chi connectivity index (χ2n) is 5.23. The Kier molecular flexibility index (Phi) is 7.01. The summed E-state index contributed by atoms with van der Waals surface area (Å²) in [6.45, 7) is 5.83. The van der Waals surface area contributed by atoms with Crippen LogP contribution >= 0.6 is 0 Å². The summed E-state index contributed by atoms with van der Waals surface area (Å²) in [5, 5.41) is 13.1. The van der Waals surface area contributed by atoms with E-state index in [1.165, 1.54) is 25.7 Å². The van der Waals surface area contributed by atoms with E-state index in [4.69, 9.17) is 0 Å². The molecule has 0 aromatic carbocycles. The Morgan fingerprint density at radius 3 is 2.69 bits per heavy atom. The average molecular weight is 228 g/mol. The number of nitrogens with zero attached hydrogens (tertiary/aromatic N) is 1. The summed E-state index contributed by atoms with van der Waals surface area (Å²) in [7, 11) is 2.13. The van der Waals surface area contributed by atoms with Gasteiger partial charge in [-0.05, 0) is 38.8 Å². The van der Waals surface area contributed by atoms with Gasteiger partial charge in [-0.3, -0.25) is 0 Å². The predicted molar refractivity (Wildman–Crippen MR) is 68.6 cm³/mol. The maximum atomic E-state index is 9.82. The molecule has 1 saturated carbocycles. The van der Waals surface area contributed by atoms with Crippen molar-refractivity contribution in [3.63, 3.8) is 0 Å². The lowest BCUT2D eigenvalue weighted by atomic mass is 10.1. The van der Waals surface area contributed by atoms with Gasteiger partial charge in [0.2, 0.25) is 0 Å². The van der Waals surface area contributed by atoms with Crippen molar-refractivity contribution in [1.82, 2.24) is 10.2 Å². The molecule has 1 aliphatic rings. The minimum Gasteiger partial charge on any atom is -0.390 e. The molecule has 0 aromatic rings. The van der Waals surface area contributed by atoms with E-state index < -0.39 is 0 Å². The molecule has 3 heteroatoms. The van der Waals surface area contributed by atoms with Crippen molar-refractivity contribution in [3.05, 3.63) is 0 Å². The third-order valence-electron chi connectivity index (χ3n) is 3.37. The first-order chi connectivity index (χ1) is 7.72. The number of nitrogens with one attached hydrogen (secondary N) is 1. The van der Waals surface area contributed by atoms with E-state index in [2.05, 4.69) is 24.2 Å². The number of likely N-dealkylation sites (N-methyl/N-ethyl adjacent to an activating group) is 1. The molecule has 0 bridgehead atoms. The van der Waals surface area contributed by atoms with Crippen LogP contribution in [-0.4, -0.2) is 49.3 Å². The third kappa shape index (κ3) is 5.83. The molecule has 16 heavy (non-hydrogen) atoms. The summed E-state index contributed by atoms with van der Waals surface area (Å²) in [6.07, 6.45) is 6.48. The van der Waals surface area contributed by atoms with Crippen molar-refractivity contribution >= 4 is 0 Å². The highest BCUT2D eigenvalue weighted by molar-refractivity contribution is 4.72. The Labute approximate surface area is 100 Å². The van der Waals surface area contributed by atoms with Gasteiger partial charge in [0.25, 0.3) is 0 Å². The first kappa shape index (κ1) is 13.9. The van der Waals surface area contributed by atoms with Gasteiger partial charge in [-0.2, -0.15) is 0 Å². The van der Waals surface area contributed by atoms with Crippen molar-refractivity contribution < 1.29 is 5.11 Å². The van der Waals surface area contributed by atoms with Gasteiger partial charge in [0.1, 0.15) is 0 Å². The molecule has 2 N–H and O–H groups in total. The maximum absolute atomic E-state index is 9.82. The van der Waals surface area contributed by atoms with Crippen molar-refractivity contribution in [2.75, 3.05) is 33.2 Å². The minimum atomic E-state index is -0.224. The average Bonchev–Trinajstić information content (AvgIpc) is 2.70. The molecule has 0 radical (unpaired) electrons. The fraction of sp³-hybridized carbons (Fsp3) is 1.00. The summed E-state index contributed by atoms with van der Waals surface area (Å²) in [5.41, 5.74) is 0. The zero-order chi connectivity index (χ0) is 11.8. The monoisotopic (exact) mass is 228 g/mol. The van der Waals surface area contributed by atoms with Gasteiger partial charge in [0, 0.05) is 19.6 Å². The first-order valence-electron chi connectivity index (χ1n) is 6.79. The molecule has 96 valence electrons. The Bertz CT molecular complexity index is 169. The molecule has 3 nitrogen and oxygen atoms in total. The molecule has 0 heterocycles. The van der Waals surface area contributed by atoms with Crippen LogP contribution in [0, 0.1) is 5.92 Å². The molecule has 0 amide bonds. The van der Waals surface area contributed by atoms with Crippen LogP contribution in [0.15, 0.2) is 0 Å². The van der Waals surface area contributed by atoms with E-state index in [0.717, 1.165) is 38.5 Å². The Balaban J connectivity index is 2.05. The van der Waals surface area contributed by atoms with Crippen LogP contribution in [0.4, 0.5) is 0 Å². The number of aliphatic hydroxyl groups excluding tert-OH is 1. The van der Waals surface area contributed by atoms with Crippen LogP contribution in [0.1, 0.15) is 39.0 Å². The number of hydrogen-bond donors (Lipinski definition) is 2. The number of hydrogen-bond acceptors (Lipinski definition) is 3. The van der Waals surface area contributed by atoms with Crippen LogP contribution in [0.25, 0.3) is 0 Å². The standard InChI is InChI=1S/C13H28N2O/c1-3-8-14-9-13(16)11-15(2)10-12-6-4-5-7-12/h12-14,16H,3-11H2,1-2H3. The quantitative estimate of drug-likeness (QED) is 0.618. The van der Waals surface area contributed by atoms with E-state index >= 15 is 0 Å². The van der Waals surface area contributed by atoms with E-state index in [1.54, 1.807) is 0 Å². The molecule has 0 aliphatic heterocycles. The second-order valence-corrected chi connectivity index (χ2v) is 5.23. The Hall–Kier alpha value is -0.120. The van der Waals surface area contributed by atoms with Crippen LogP contribution < -0.4 is 5.32 Å². The highest BCUT2D eigenvalue weighted by atomic mass is 16.3. The Morgan fingerprint density at radius 2 is 2.06 bits per heavy atom. The summed E-state index contributed by atoms with van der Waals surface area (Å²) in [4.78, 5) is 2.29. The molecule has 1 rings (SSSR count). The molecule has 1 aliphatic carbocycles. The van der Waals surface area contributed by atoms with Gasteiger partial charge >= 0.3 is 0 Å². The highest BCUT2D eigenvalue weighted by Gasteiger charge is 2.17. The number of aliphatic hydroxyl groups is 1. The summed E-state index contributed by atoms with van der Waals surface area (Å²) >= 11 is 0. The lowest BCUT2D eigenvalue weighted by Gasteiger charge is -2.23. The topological polar surface area (TPSA) is 35.5 Å². The molecule has 1 fully saturated rings. The van der Waals surface area contributed by atoms with Crippen molar-refractivity contribution in [2.45, 2.75) is 45.1 Å². The van der Waals surface area contributed by atoms with E-state index in [1.807, 2.05) is 0 Å². The molecule has 1 unspecified atom stereocenters. The molecule has 0 spiro atoms. The first-order valence-corrected chi connectivity index (χ1v) is 6.79. The normalized spacial score (nSPS) is 19.5. The number of rotatable bonds is 8. The van der Waals surface area contributed by atoms with Crippen LogP contribution in [0.2, 0.25) is 0 Å². The van der Waals surface area contributed by atoms with Crippen molar-refractivity contribution in [1.29, 1.82) is 0 Å². The van der Waals surface area contributed by atoms with Gasteiger partial charge in [-0.1, -0.05) is 19.8 Å². The summed E-state index contributed by atoms with van der Waals surface area (Å²) in [6, 6.07) is 0. The second kappa shape index (κ2) is 8.04. The van der Waals surface area contributed by atoms with E-state index in [9.17, 15) is 5.11 Å². The molecule has 1 atom stereocenters. The highest BCUT2D eigenvalue weighted by Crippen LogP contribution is 2.25. The Morgan fingerprint density at radius 1 is 1.38 bits per heavy atom. The van der Waals surface area contributed by atoms with Crippen molar-refractivity contribution in [3.8, 4) is 0 Å². The zero-order valence-electron chi connectivity index (χ0n) is 10.9. The lowest BCUT2D eigenvalue weighted by molar-refractivity contribution is 0.116. The fourth-order valence-corrected chi connectivity index (χ4v) is 2.58. The lowest BCUT2D eigenvalue weighted by Crippen LogP contribution is -2.38.